The van der Waals surface area contributed by atoms with Crippen LogP contribution < -0.4 is 10.2 Å². The van der Waals surface area contributed by atoms with Gasteiger partial charge in [0, 0.05) is 16.5 Å². The summed E-state index contributed by atoms with van der Waals surface area (Å²) in [7, 11) is 1.63. The number of benzene rings is 3. The summed E-state index contributed by atoms with van der Waals surface area (Å²) in [5.41, 5.74) is 2.44. The monoisotopic (exact) mass is 491 g/mol. The molecule has 34 heavy (non-hydrogen) atoms. The van der Waals surface area contributed by atoms with Crippen molar-refractivity contribution in [2.24, 2.45) is 0 Å². The second-order valence-corrected chi connectivity index (χ2v) is 9.40. The lowest BCUT2D eigenvalue weighted by Crippen LogP contribution is -2.31. The molecule has 0 saturated carbocycles. The molecule has 5 nitrogen and oxygen atoms in total. The van der Waals surface area contributed by atoms with Gasteiger partial charge in [0.2, 0.25) is 5.76 Å². The van der Waals surface area contributed by atoms with Crippen LogP contribution in [-0.2, 0) is 6.42 Å². The Kier molecular flexibility index (Phi) is 6.11. The average molecular weight is 492 g/mol. The molecule has 172 valence electrons. The predicted octanol–water partition coefficient (Wildman–Crippen LogP) is 5.96. The minimum absolute atomic E-state index is 0.105. The Bertz CT molecular complexity index is 1430. The number of amides is 1. The van der Waals surface area contributed by atoms with Gasteiger partial charge in [-0.25, -0.2) is 0 Å². The third-order valence-corrected chi connectivity index (χ3v) is 7.14. The van der Waals surface area contributed by atoms with Gasteiger partial charge in [0.05, 0.1) is 24.1 Å². The molecule has 0 saturated heterocycles. The number of fused-ring (bicyclic) bond motifs is 2. The summed E-state index contributed by atoms with van der Waals surface area (Å²) < 4.78 is 11.2. The van der Waals surface area contributed by atoms with Gasteiger partial charge in [0.1, 0.15) is 11.3 Å². The molecule has 0 bridgehead atoms. The highest BCUT2D eigenvalue weighted by molar-refractivity contribution is 7.98. The molecule has 7 heteroatoms. The maximum absolute atomic E-state index is 13.6. The summed E-state index contributed by atoms with van der Waals surface area (Å²) in [4.78, 5) is 30.0. The molecule has 1 aliphatic rings. The molecule has 4 aromatic rings. The number of nitrogens with zero attached hydrogens (tertiary/aromatic N) is 1. The molecule has 0 fully saturated rings. The number of hydrogen-bond donors (Lipinski definition) is 0. The third kappa shape index (κ3) is 3.97. The van der Waals surface area contributed by atoms with Crippen molar-refractivity contribution >= 4 is 40.2 Å². The van der Waals surface area contributed by atoms with E-state index in [1.54, 1.807) is 42.0 Å². The van der Waals surface area contributed by atoms with Gasteiger partial charge in [-0.3, -0.25) is 9.59 Å². The van der Waals surface area contributed by atoms with Crippen LogP contribution in [0.5, 0.6) is 5.75 Å². The summed E-state index contributed by atoms with van der Waals surface area (Å²) in [5.74, 6) is 0.602. The molecule has 2 heterocycles. The van der Waals surface area contributed by atoms with Crippen molar-refractivity contribution in [3.63, 3.8) is 0 Å². The Hall–Kier alpha value is -3.22. The topological polar surface area (TPSA) is 59.8 Å². The van der Waals surface area contributed by atoms with E-state index in [2.05, 4.69) is 0 Å². The Labute approximate surface area is 206 Å². The van der Waals surface area contributed by atoms with Crippen molar-refractivity contribution in [1.82, 2.24) is 4.90 Å². The lowest BCUT2D eigenvalue weighted by atomic mass is 9.98. The van der Waals surface area contributed by atoms with Crippen LogP contribution in [0.3, 0.4) is 0 Å². The van der Waals surface area contributed by atoms with E-state index < -0.39 is 6.04 Å². The maximum Gasteiger partial charge on any atom is 0.290 e. The SMILES string of the molecule is COc1ccc(CCN2C(=O)c3oc4ccc(Cl)cc4c(=O)c3[C@H]2c2ccc(SC)cc2)cc1. The van der Waals surface area contributed by atoms with Crippen molar-refractivity contribution in [3.8, 4) is 5.75 Å². The van der Waals surface area contributed by atoms with Gasteiger partial charge in [-0.15, -0.1) is 11.8 Å². The molecule has 3 aromatic carbocycles. The number of rotatable bonds is 6. The van der Waals surface area contributed by atoms with E-state index in [-0.39, 0.29) is 17.1 Å². The van der Waals surface area contributed by atoms with Gasteiger partial charge in [0.25, 0.3) is 5.91 Å². The zero-order valence-electron chi connectivity index (χ0n) is 18.7. The summed E-state index contributed by atoms with van der Waals surface area (Å²) in [5, 5.41) is 0.822. The van der Waals surface area contributed by atoms with E-state index in [9.17, 15) is 9.59 Å². The van der Waals surface area contributed by atoms with Crippen LogP contribution in [0.25, 0.3) is 11.0 Å². The van der Waals surface area contributed by atoms with E-state index in [0.29, 0.717) is 34.5 Å². The highest BCUT2D eigenvalue weighted by atomic mass is 35.5. The molecule has 5 rings (SSSR count). The number of thioether (sulfide) groups is 1. The van der Waals surface area contributed by atoms with Crippen LogP contribution in [0.1, 0.15) is 33.3 Å². The normalized spacial score (nSPS) is 15.1. The second kappa shape index (κ2) is 9.20. The predicted molar refractivity (Wildman–Crippen MR) is 135 cm³/mol. The Balaban J connectivity index is 1.59. The van der Waals surface area contributed by atoms with Gasteiger partial charge < -0.3 is 14.1 Å². The Morgan fingerprint density at radius 3 is 2.44 bits per heavy atom. The van der Waals surface area contributed by atoms with Gasteiger partial charge in [0.15, 0.2) is 5.43 Å². The molecule has 1 aromatic heterocycles. The van der Waals surface area contributed by atoms with Crippen molar-refractivity contribution in [2.75, 3.05) is 19.9 Å². The largest absolute Gasteiger partial charge is 0.497 e. The zero-order chi connectivity index (χ0) is 23.8. The minimum Gasteiger partial charge on any atom is -0.497 e. The summed E-state index contributed by atoms with van der Waals surface area (Å²) >= 11 is 7.79. The van der Waals surface area contributed by atoms with Crippen LogP contribution in [0.4, 0.5) is 0 Å². The molecule has 0 unspecified atom stereocenters. The highest BCUT2D eigenvalue weighted by Gasteiger charge is 2.42. The molecule has 1 amide bonds. The number of methoxy groups -OCH3 is 1. The van der Waals surface area contributed by atoms with Gasteiger partial charge >= 0.3 is 0 Å². The number of carbonyl (C=O) groups excluding carboxylic acids is 1. The highest BCUT2D eigenvalue weighted by Crippen LogP contribution is 2.39. The van der Waals surface area contributed by atoms with E-state index in [1.807, 2.05) is 54.8 Å². The van der Waals surface area contributed by atoms with E-state index in [1.165, 1.54) is 0 Å². The van der Waals surface area contributed by atoms with Crippen LogP contribution in [0.15, 0.2) is 80.8 Å². The summed E-state index contributed by atoms with van der Waals surface area (Å²) in [6.45, 7) is 0.431. The van der Waals surface area contributed by atoms with Crippen molar-refractivity contribution in [3.05, 3.63) is 104 Å². The number of hydrogen-bond acceptors (Lipinski definition) is 5. The molecule has 0 aliphatic carbocycles. The molecular weight excluding hydrogens is 470 g/mol. The molecule has 0 N–H and O–H groups in total. The first-order valence-electron chi connectivity index (χ1n) is 10.8. The number of carbonyl (C=O) groups is 1. The lowest BCUT2D eigenvalue weighted by molar-refractivity contribution is 0.0730. The van der Waals surface area contributed by atoms with Crippen molar-refractivity contribution < 1.29 is 13.9 Å². The Morgan fingerprint density at radius 1 is 1.03 bits per heavy atom. The number of halogens is 1. The van der Waals surface area contributed by atoms with E-state index >= 15 is 0 Å². The standard InChI is InChI=1S/C27H22ClNO4S/c1-32-19-8-3-16(4-9-19)13-14-29-24(17-5-10-20(34-2)11-6-17)23-25(30)21-15-18(28)7-12-22(21)33-26(23)27(29)31/h3-12,15,24H,13-14H2,1-2H3/t24-/m1/s1. The van der Waals surface area contributed by atoms with Crippen LogP contribution >= 0.6 is 23.4 Å². The van der Waals surface area contributed by atoms with Gasteiger partial charge in [-0.2, -0.15) is 0 Å². The van der Waals surface area contributed by atoms with Crippen molar-refractivity contribution in [2.45, 2.75) is 17.4 Å². The zero-order valence-corrected chi connectivity index (χ0v) is 20.3. The van der Waals surface area contributed by atoms with Gasteiger partial charge in [-0.1, -0.05) is 35.9 Å². The average Bonchev–Trinajstić information content (AvgIpc) is 3.15. The maximum atomic E-state index is 13.6. The van der Waals surface area contributed by atoms with Gasteiger partial charge in [-0.05, 0) is 66.3 Å². The fourth-order valence-electron chi connectivity index (χ4n) is 4.40. The summed E-state index contributed by atoms with van der Waals surface area (Å²) in [6.07, 6.45) is 2.64. The quantitative estimate of drug-likeness (QED) is 0.311. The first kappa shape index (κ1) is 22.6. The first-order chi connectivity index (χ1) is 16.5. The van der Waals surface area contributed by atoms with Crippen LogP contribution in [0.2, 0.25) is 5.02 Å². The molecule has 1 atom stereocenters. The molecule has 0 radical (unpaired) electrons. The summed E-state index contributed by atoms with van der Waals surface area (Å²) in [6, 6.07) is 20.1. The lowest BCUT2D eigenvalue weighted by Gasteiger charge is -2.25. The minimum atomic E-state index is -0.531. The molecular formula is C27H22ClNO4S. The van der Waals surface area contributed by atoms with E-state index in [0.717, 1.165) is 21.8 Å². The fourth-order valence-corrected chi connectivity index (χ4v) is 4.98. The third-order valence-electron chi connectivity index (χ3n) is 6.16. The fraction of sp³-hybridized carbons (Fsp3) is 0.185. The second-order valence-electron chi connectivity index (χ2n) is 8.09. The van der Waals surface area contributed by atoms with Crippen molar-refractivity contribution in [1.29, 1.82) is 0 Å². The Morgan fingerprint density at radius 2 is 1.76 bits per heavy atom. The molecule has 0 spiro atoms. The number of ether oxygens (including phenoxy) is 1. The molecule has 1 aliphatic heterocycles. The van der Waals surface area contributed by atoms with Crippen LogP contribution in [0, 0.1) is 0 Å². The van der Waals surface area contributed by atoms with Crippen LogP contribution in [-0.4, -0.2) is 30.7 Å². The smallest absolute Gasteiger partial charge is 0.290 e. The first-order valence-corrected chi connectivity index (χ1v) is 12.4. The van der Waals surface area contributed by atoms with E-state index in [4.69, 9.17) is 20.8 Å².